The molecule has 0 aliphatic rings. The number of carbonyl (C=O) groups is 2. The Bertz CT molecular complexity index is 233. The first kappa shape index (κ1) is 14.9. The summed E-state index contributed by atoms with van der Waals surface area (Å²) < 4.78 is 9.57. The van der Waals surface area contributed by atoms with Crippen LogP contribution in [0.2, 0.25) is 0 Å². The van der Waals surface area contributed by atoms with Crippen LogP contribution in [0.25, 0.3) is 0 Å². The average molecular weight is 232 g/mol. The minimum Gasteiger partial charge on any atom is -0.469 e. The molecule has 0 saturated carbocycles. The van der Waals surface area contributed by atoms with Gasteiger partial charge in [0.15, 0.2) is 0 Å². The molecule has 0 radical (unpaired) electrons. The highest BCUT2D eigenvalue weighted by Gasteiger charge is 2.18. The normalized spacial score (nSPS) is 12.0. The van der Waals surface area contributed by atoms with Gasteiger partial charge >= 0.3 is 5.97 Å². The van der Waals surface area contributed by atoms with E-state index in [1.54, 1.807) is 14.0 Å². The summed E-state index contributed by atoms with van der Waals surface area (Å²) >= 11 is 0. The van der Waals surface area contributed by atoms with E-state index in [4.69, 9.17) is 10.5 Å². The zero-order valence-electron chi connectivity index (χ0n) is 10.1. The number of likely N-dealkylation sites (N-methyl/N-ethyl adjacent to an activating group) is 1. The average Bonchev–Trinajstić information content (AvgIpc) is 2.27. The van der Waals surface area contributed by atoms with Gasteiger partial charge in [0.2, 0.25) is 5.91 Å². The highest BCUT2D eigenvalue weighted by molar-refractivity contribution is 5.78. The van der Waals surface area contributed by atoms with Crippen LogP contribution >= 0.6 is 0 Å². The largest absolute Gasteiger partial charge is 0.469 e. The smallest absolute Gasteiger partial charge is 0.310 e. The Morgan fingerprint density at radius 1 is 1.44 bits per heavy atom. The van der Waals surface area contributed by atoms with Gasteiger partial charge in [0.25, 0.3) is 0 Å². The molecule has 2 N–H and O–H groups in total. The fourth-order valence-corrected chi connectivity index (χ4v) is 1.14. The summed E-state index contributed by atoms with van der Waals surface area (Å²) in [6, 6.07) is 0. The minimum absolute atomic E-state index is 0.0123. The first-order valence-corrected chi connectivity index (χ1v) is 5.12. The number of nitrogens with zero attached hydrogens (tertiary/aromatic N) is 1. The van der Waals surface area contributed by atoms with Crippen molar-refractivity contribution in [3.63, 3.8) is 0 Å². The number of amides is 1. The Hall–Kier alpha value is -1.14. The monoisotopic (exact) mass is 232 g/mol. The van der Waals surface area contributed by atoms with Crippen molar-refractivity contribution < 1.29 is 19.1 Å². The van der Waals surface area contributed by atoms with Gasteiger partial charge in [0, 0.05) is 20.1 Å². The van der Waals surface area contributed by atoms with Crippen molar-refractivity contribution in [1.29, 1.82) is 0 Å². The van der Waals surface area contributed by atoms with Crippen molar-refractivity contribution in [3.05, 3.63) is 0 Å². The van der Waals surface area contributed by atoms with Gasteiger partial charge in [0.1, 0.15) is 6.61 Å². The van der Waals surface area contributed by atoms with Crippen LogP contribution in [-0.4, -0.2) is 57.2 Å². The SMILES string of the molecule is COC(=O)C(C)CN(C)C(=O)COCCN. The third-order valence-corrected chi connectivity index (χ3v) is 2.06. The van der Waals surface area contributed by atoms with Crippen molar-refractivity contribution in [2.45, 2.75) is 6.92 Å². The van der Waals surface area contributed by atoms with E-state index < -0.39 is 0 Å². The van der Waals surface area contributed by atoms with Crippen molar-refractivity contribution in [2.24, 2.45) is 11.7 Å². The van der Waals surface area contributed by atoms with Gasteiger partial charge in [-0.25, -0.2) is 0 Å². The molecule has 1 atom stereocenters. The van der Waals surface area contributed by atoms with Crippen LogP contribution in [0.5, 0.6) is 0 Å². The summed E-state index contributed by atoms with van der Waals surface area (Å²) in [6.45, 7) is 2.75. The van der Waals surface area contributed by atoms with Crippen molar-refractivity contribution >= 4 is 11.9 Å². The Balaban J connectivity index is 3.90. The molecule has 0 aliphatic carbocycles. The molecule has 6 nitrogen and oxygen atoms in total. The van der Waals surface area contributed by atoms with Crippen LogP contribution in [0.1, 0.15) is 6.92 Å². The molecule has 0 fully saturated rings. The number of hydrogen-bond acceptors (Lipinski definition) is 5. The quantitative estimate of drug-likeness (QED) is 0.460. The standard InChI is InChI=1S/C10H20N2O4/c1-8(10(14)15-3)6-12(2)9(13)7-16-5-4-11/h8H,4-7,11H2,1-3H3. The second kappa shape index (κ2) is 8.06. The number of nitrogens with two attached hydrogens (primary N) is 1. The predicted molar refractivity (Wildman–Crippen MR) is 58.7 cm³/mol. The predicted octanol–water partition coefficient (Wildman–Crippen LogP) is -0.771. The molecule has 0 heterocycles. The third-order valence-electron chi connectivity index (χ3n) is 2.06. The van der Waals surface area contributed by atoms with E-state index in [0.717, 1.165) is 0 Å². The summed E-state index contributed by atoms with van der Waals surface area (Å²) in [4.78, 5) is 24.0. The summed E-state index contributed by atoms with van der Waals surface area (Å²) in [6.07, 6.45) is 0. The third kappa shape index (κ3) is 5.67. The summed E-state index contributed by atoms with van der Waals surface area (Å²) in [5.74, 6) is -0.847. The lowest BCUT2D eigenvalue weighted by atomic mass is 10.2. The number of methoxy groups -OCH3 is 1. The van der Waals surface area contributed by atoms with E-state index in [1.165, 1.54) is 12.0 Å². The van der Waals surface area contributed by atoms with E-state index in [1.807, 2.05) is 0 Å². The highest BCUT2D eigenvalue weighted by atomic mass is 16.5. The van der Waals surface area contributed by atoms with E-state index in [-0.39, 0.29) is 24.4 Å². The molecular formula is C10H20N2O4. The molecule has 0 aromatic heterocycles. The van der Waals surface area contributed by atoms with Crippen LogP contribution < -0.4 is 5.73 Å². The fourth-order valence-electron chi connectivity index (χ4n) is 1.14. The maximum Gasteiger partial charge on any atom is 0.310 e. The summed E-state index contributed by atoms with van der Waals surface area (Å²) in [5, 5.41) is 0. The van der Waals surface area contributed by atoms with E-state index in [9.17, 15) is 9.59 Å². The molecule has 0 aromatic rings. The Morgan fingerprint density at radius 2 is 2.06 bits per heavy atom. The number of esters is 1. The molecule has 0 saturated heterocycles. The molecule has 6 heteroatoms. The summed E-state index contributed by atoms with van der Waals surface area (Å²) in [7, 11) is 2.94. The number of carbonyl (C=O) groups excluding carboxylic acids is 2. The first-order valence-electron chi connectivity index (χ1n) is 5.12. The van der Waals surface area contributed by atoms with Gasteiger partial charge in [-0.1, -0.05) is 6.92 Å². The Kier molecular flexibility index (Phi) is 7.49. The highest BCUT2D eigenvalue weighted by Crippen LogP contribution is 2.01. The van der Waals surface area contributed by atoms with Gasteiger partial charge < -0.3 is 20.1 Å². The number of rotatable bonds is 7. The molecule has 0 rings (SSSR count). The second-order valence-corrected chi connectivity index (χ2v) is 3.54. The van der Waals surface area contributed by atoms with Gasteiger partial charge in [-0.15, -0.1) is 0 Å². The van der Waals surface area contributed by atoms with Gasteiger partial charge in [-0.2, -0.15) is 0 Å². The first-order chi connectivity index (χ1) is 7.52. The van der Waals surface area contributed by atoms with E-state index >= 15 is 0 Å². The maximum atomic E-state index is 11.5. The van der Waals surface area contributed by atoms with Crippen molar-refractivity contribution in [2.75, 3.05) is 40.5 Å². The van der Waals surface area contributed by atoms with E-state index in [2.05, 4.69) is 4.74 Å². The molecular weight excluding hydrogens is 212 g/mol. The van der Waals surface area contributed by atoms with Gasteiger partial charge in [-0.05, 0) is 0 Å². The second-order valence-electron chi connectivity index (χ2n) is 3.54. The molecule has 0 bridgehead atoms. The van der Waals surface area contributed by atoms with Crippen LogP contribution in [0.3, 0.4) is 0 Å². The lowest BCUT2D eigenvalue weighted by molar-refractivity contribution is -0.146. The summed E-state index contributed by atoms with van der Waals surface area (Å²) in [5.41, 5.74) is 5.22. The van der Waals surface area contributed by atoms with E-state index in [0.29, 0.717) is 19.7 Å². The van der Waals surface area contributed by atoms with Crippen molar-refractivity contribution in [3.8, 4) is 0 Å². The lowest BCUT2D eigenvalue weighted by Gasteiger charge is -2.20. The zero-order chi connectivity index (χ0) is 12.6. The molecule has 0 aromatic carbocycles. The number of hydrogen-bond donors (Lipinski definition) is 1. The van der Waals surface area contributed by atoms with Crippen LogP contribution in [0.4, 0.5) is 0 Å². The topological polar surface area (TPSA) is 81.9 Å². The maximum absolute atomic E-state index is 11.5. The van der Waals surface area contributed by atoms with Crippen LogP contribution in [-0.2, 0) is 19.1 Å². The Labute approximate surface area is 95.7 Å². The number of ether oxygens (including phenoxy) is 2. The van der Waals surface area contributed by atoms with Gasteiger partial charge in [-0.3, -0.25) is 9.59 Å². The molecule has 0 spiro atoms. The molecule has 16 heavy (non-hydrogen) atoms. The van der Waals surface area contributed by atoms with Crippen LogP contribution in [0.15, 0.2) is 0 Å². The van der Waals surface area contributed by atoms with Gasteiger partial charge in [0.05, 0.1) is 19.6 Å². The Morgan fingerprint density at radius 3 is 2.56 bits per heavy atom. The molecule has 1 amide bonds. The zero-order valence-corrected chi connectivity index (χ0v) is 10.1. The minimum atomic E-state index is -0.339. The molecule has 94 valence electrons. The molecule has 1 unspecified atom stereocenters. The van der Waals surface area contributed by atoms with Crippen LogP contribution in [0, 0.1) is 5.92 Å². The molecule has 0 aliphatic heterocycles. The lowest BCUT2D eigenvalue weighted by Crippen LogP contribution is -2.36. The van der Waals surface area contributed by atoms with Crippen molar-refractivity contribution in [1.82, 2.24) is 4.90 Å². The fraction of sp³-hybridized carbons (Fsp3) is 0.800.